The second kappa shape index (κ2) is 3.91. The molecule has 1 atom stereocenters. The van der Waals surface area contributed by atoms with Crippen molar-refractivity contribution >= 4 is 21.6 Å². The van der Waals surface area contributed by atoms with Gasteiger partial charge in [-0.3, -0.25) is 0 Å². The first-order valence-electron chi connectivity index (χ1n) is 4.90. The van der Waals surface area contributed by atoms with Crippen LogP contribution in [0.2, 0.25) is 0 Å². The molecule has 2 nitrogen and oxygen atoms in total. The summed E-state index contributed by atoms with van der Waals surface area (Å²) in [5.74, 6) is 0. The molecular formula is C11H15BrN2. The number of nitrogens with zero attached hydrogens (tertiary/aromatic N) is 1. The number of rotatable bonds is 3. The van der Waals surface area contributed by atoms with E-state index < -0.39 is 0 Å². The molecule has 1 fully saturated rings. The molecule has 1 aromatic carbocycles. The van der Waals surface area contributed by atoms with Crippen molar-refractivity contribution in [1.82, 2.24) is 5.32 Å². The summed E-state index contributed by atoms with van der Waals surface area (Å²) in [5, 5.41) is 3.21. The lowest BCUT2D eigenvalue weighted by Crippen LogP contribution is -2.17. The largest absolute Gasteiger partial charge is 0.363 e. The zero-order valence-corrected chi connectivity index (χ0v) is 10.1. The number of likely N-dealkylation sites (N-methyl/N-ethyl adjacent to an activating group) is 1. The van der Waals surface area contributed by atoms with Gasteiger partial charge in [0.15, 0.2) is 0 Å². The fraction of sp³-hybridized carbons (Fsp3) is 0.455. The van der Waals surface area contributed by atoms with Gasteiger partial charge in [-0.05, 0) is 37.7 Å². The van der Waals surface area contributed by atoms with E-state index in [0.717, 1.165) is 11.0 Å². The van der Waals surface area contributed by atoms with Gasteiger partial charge in [0.1, 0.15) is 0 Å². The maximum absolute atomic E-state index is 3.48. The third-order valence-electron chi connectivity index (χ3n) is 2.62. The van der Waals surface area contributed by atoms with Crippen LogP contribution in [0, 0.1) is 6.92 Å². The molecule has 0 aromatic heterocycles. The summed E-state index contributed by atoms with van der Waals surface area (Å²) in [6.45, 7) is 4.42. The molecule has 1 N–H and O–H groups in total. The summed E-state index contributed by atoms with van der Waals surface area (Å²) < 4.78 is 1.16. The molecule has 0 saturated carbocycles. The van der Waals surface area contributed by atoms with E-state index in [1.807, 2.05) is 7.05 Å². The molecule has 0 amide bonds. The maximum atomic E-state index is 3.48. The van der Waals surface area contributed by atoms with Gasteiger partial charge in [-0.15, -0.1) is 0 Å². The van der Waals surface area contributed by atoms with Crippen LogP contribution in [0.15, 0.2) is 22.7 Å². The zero-order chi connectivity index (χ0) is 10.1. The molecule has 0 spiro atoms. The number of aryl methyl sites for hydroxylation is 1. The van der Waals surface area contributed by atoms with Crippen molar-refractivity contribution < 1.29 is 0 Å². The topological polar surface area (TPSA) is 15.0 Å². The van der Waals surface area contributed by atoms with Gasteiger partial charge in [-0.25, -0.2) is 0 Å². The summed E-state index contributed by atoms with van der Waals surface area (Å²) in [7, 11) is 2.00. The summed E-state index contributed by atoms with van der Waals surface area (Å²) in [6.07, 6.45) is 0. The van der Waals surface area contributed by atoms with Crippen molar-refractivity contribution in [3.63, 3.8) is 0 Å². The minimum Gasteiger partial charge on any atom is -0.363 e. The molecule has 1 saturated heterocycles. The molecular weight excluding hydrogens is 240 g/mol. The molecule has 0 aliphatic carbocycles. The third-order valence-corrected chi connectivity index (χ3v) is 3.12. The fourth-order valence-corrected chi connectivity index (χ4v) is 2.30. The molecule has 1 heterocycles. The molecule has 76 valence electrons. The Morgan fingerprint density at radius 2 is 2.36 bits per heavy atom. The van der Waals surface area contributed by atoms with Crippen LogP contribution < -0.4 is 10.2 Å². The molecule has 0 radical (unpaired) electrons. The van der Waals surface area contributed by atoms with Crippen molar-refractivity contribution in [3.8, 4) is 0 Å². The van der Waals surface area contributed by atoms with Crippen LogP contribution in [0.1, 0.15) is 5.56 Å². The molecule has 3 heteroatoms. The van der Waals surface area contributed by atoms with Crippen LogP contribution in [0.5, 0.6) is 0 Å². The average molecular weight is 255 g/mol. The van der Waals surface area contributed by atoms with Crippen LogP contribution in [-0.4, -0.2) is 26.2 Å². The van der Waals surface area contributed by atoms with Crippen molar-refractivity contribution in [2.24, 2.45) is 0 Å². The van der Waals surface area contributed by atoms with Gasteiger partial charge >= 0.3 is 0 Å². The lowest BCUT2D eigenvalue weighted by Gasteiger charge is -2.09. The Labute approximate surface area is 93.4 Å². The first-order valence-corrected chi connectivity index (χ1v) is 5.69. The highest BCUT2D eigenvalue weighted by Gasteiger charge is 2.33. The molecule has 1 aliphatic heterocycles. The lowest BCUT2D eigenvalue weighted by molar-refractivity contribution is 0.790. The van der Waals surface area contributed by atoms with Gasteiger partial charge in [0, 0.05) is 23.2 Å². The summed E-state index contributed by atoms with van der Waals surface area (Å²) >= 11 is 3.48. The van der Waals surface area contributed by atoms with Gasteiger partial charge in [0.2, 0.25) is 0 Å². The molecule has 2 rings (SSSR count). The van der Waals surface area contributed by atoms with Crippen molar-refractivity contribution in [1.29, 1.82) is 0 Å². The normalized spacial score (nSPS) is 19.9. The van der Waals surface area contributed by atoms with E-state index in [9.17, 15) is 0 Å². The van der Waals surface area contributed by atoms with Gasteiger partial charge in [-0.2, -0.15) is 0 Å². The Kier molecular flexibility index (Phi) is 2.79. The van der Waals surface area contributed by atoms with Crippen LogP contribution in [0.3, 0.4) is 0 Å². The average Bonchev–Trinajstić information content (AvgIpc) is 2.84. The van der Waals surface area contributed by atoms with Gasteiger partial charge in [0.05, 0.1) is 6.04 Å². The van der Waals surface area contributed by atoms with E-state index in [-0.39, 0.29) is 0 Å². The molecule has 14 heavy (non-hydrogen) atoms. The van der Waals surface area contributed by atoms with Gasteiger partial charge < -0.3 is 10.2 Å². The van der Waals surface area contributed by atoms with Gasteiger partial charge in [-0.1, -0.05) is 15.9 Å². The molecule has 1 aromatic rings. The zero-order valence-electron chi connectivity index (χ0n) is 8.55. The maximum Gasteiger partial charge on any atom is 0.0590 e. The van der Waals surface area contributed by atoms with Crippen molar-refractivity contribution in [3.05, 3.63) is 28.2 Å². The second-order valence-corrected chi connectivity index (χ2v) is 4.71. The highest BCUT2D eigenvalue weighted by molar-refractivity contribution is 9.10. The van der Waals surface area contributed by atoms with Crippen LogP contribution in [-0.2, 0) is 0 Å². The Hall–Kier alpha value is -0.540. The van der Waals surface area contributed by atoms with Crippen LogP contribution in [0.25, 0.3) is 0 Å². The predicted octanol–water partition coefficient (Wildman–Crippen LogP) is 2.17. The Morgan fingerprint density at radius 3 is 3.00 bits per heavy atom. The molecule has 1 aliphatic rings. The SMILES string of the molecule is CNCC1CN1c1ccc(Br)cc1C. The van der Waals surface area contributed by atoms with Crippen molar-refractivity contribution in [2.75, 3.05) is 25.0 Å². The number of hydrogen-bond acceptors (Lipinski definition) is 2. The minimum absolute atomic E-state index is 0.694. The van der Waals surface area contributed by atoms with E-state index in [1.165, 1.54) is 17.8 Å². The van der Waals surface area contributed by atoms with E-state index in [2.05, 4.69) is 51.3 Å². The Morgan fingerprint density at radius 1 is 1.57 bits per heavy atom. The number of benzene rings is 1. The summed E-state index contributed by atoms with van der Waals surface area (Å²) in [4.78, 5) is 2.43. The Bertz CT molecular complexity index is 338. The first kappa shape index (κ1) is 9.99. The van der Waals surface area contributed by atoms with E-state index in [0.29, 0.717) is 6.04 Å². The number of halogens is 1. The monoisotopic (exact) mass is 254 g/mol. The third kappa shape index (κ3) is 1.93. The van der Waals surface area contributed by atoms with Crippen LogP contribution >= 0.6 is 15.9 Å². The minimum atomic E-state index is 0.694. The first-order chi connectivity index (χ1) is 6.72. The van der Waals surface area contributed by atoms with Crippen LogP contribution in [0.4, 0.5) is 5.69 Å². The quantitative estimate of drug-likeness (QED) is 0.832. The summed E-state index contributed by atoms with van der Waals surface area (Å²) in [5.41, 5.74) is 2.71. The highest BCUT2D eigenvalue weighted by Crippen LogP contribution is 2.31. The number of anilines is 1. The van der Waals surface area contributed by atoms with Gasteiger partial charge in [0.25, 0.3) is 0 Å². The lowest BCUT2D eigenvalue weighted by atomic mass is 10.2. The number of nitrogens with one attached hydrogen (secondary N) is 1. The van der Waals surface area contributed by atoms with E-state index in [4.69, 9.17) is 0 Å². The van der Waals surface area contributed by atoms with E-state index in [1.54, 1.807) is 0 Å². The highest BCUT2D eigenvalue weighted by atomic mass is 79.9. The number of hydrogen-bond donors (Lipinski definition) is 1. The smallest absolute Gasteiger partial charge is 0.0590 e. The second-order valence-electron chi connectivity index (χ2n) is 3.79. The fourth-order valence-electron chi connectivity index (χ4n) is 1.83. The predicted molar refractivity (Wildman–Crippen MR) is 63.9 cm³/mol. The standard InChI is InChI=1S/C11H15BrN2/c1-8-5-9(12)3-4-11(8)14-7-10(14)6-13-2/h3-5,10,13H,6-7H2,1-2H3. The molecule has 0 bridgehead atoms. The summed E-state index contributed by atoms with van der Waals surface area (Å²) in [6, 6.07) is 7.16. The van der Waals surface area contributed by atoms with Crippen molar-refractivity contribution in [2.45, 2.75) is 13.0 Å². The Balaban J connectivity index is 2.11. The molecule has 1 unspecified atom stereocenters. The van der Waals surface area contributed by atoms with E-state index >= 15 is 0 Å².